The first-order chi connectivity index (χ1) is 6.25. The fraction of sp³-hybridized carbons (Fsp3) is 0.400. The monoisotopic (exact) mass is 175 g/mol. The van der Waals surface area contributed by atoms with Gasteiger partial charge >= 0.3 is 0 Å². The molecule has 0 fully saturated rings. The van der Waals surface area contributed by atoms with Crippen LogP contribution in [0.5, 0.6) is 0 Å². The molecule has 2 aromatic rings. The van der Waals surface area contributed by atoms with Crippen LogP contribution in [0.4, 0.5) is 0 Å². The minimum Gasteiger partial charge on any atom is -0.329 e. The van der Waals surface area contributed by atoms with Crippen LogP contribution >= 0.6 is 0 Å². The largest absolute Gasteiger partial charge is 0.329 e. The van der Waals surface area contributed by atoms with Gasteiger partial charge in [-0.15, -0.1) is 0 Å². The zero-order chi connectivity index (χ0) is 9.26. The van der Waals surface area contributed by atoms with Crippen molar-refractivity contribution in [2.24, 2.45) is 5.92 Å². The number of pyridine rings is 1. The molecule has 0 spiro atoms. The first-order valence-electron chi connectivity index (χ1n) is 4.54. The zero-order valence-electron chi connectivity index (χ0n) is 7.91. The summed E-state index contributed by atoms with van der Waals surface area (Å²) in [4.78, 5) is 11.6. The van der Waals surface area contributed by atoms with Gasteiger partial charge in [-0.1, -0.05) is 13.8 Å². The van der Waals surface area contributed by atoms with Gasteiger partial charge in [-0.3, -0.25) is 0 Å². The van der Waals surface area contributed by atoms with Crippen LogP contribution in [0, 0.1) is 5.92 Å². The molecule has 1 N–H and O–H groups in total. The van der Waals surface area contributed by atoms with E-state index in [-0.39, 0.29) is 0 Å². The number of hydrogen-bond donors (Lipinski definition) is 1. The van der Waals surface area contributed by atoms with Gasteiger partial charge in [0.1, 0.15) is 5.52 Å². The molecule has 0 amide bonds. The van der Waals surface area contributed by atoms with Gasteiger partial charge in [0, 0.05) is 5.69 Å². The van der Waals surface area contributed by atoms with Crippen LogP contribution in [0.2, 0.25) is 0 Å². The first kappa shape index (κ1) is 8.23. The van der Waals surface area contributed by atoms with Gasteiger partial charge in [0.15, 0.2) is 5.65 Å². The number of aromatic nitrogens is 3. The lowest BCUT2D eigenvalue weighted by atomic mass is 10.1. The van der Waals surface area contributed by atoms with E-state index >= 15 is 0 Å². The van der Waals surface area contributed by atoms with E-state index in [2.05, 4.69) is 28.8 Å². The molecular weight excluding hydrogens is 162 g/mol. The van der Waals surface area contributed by atoms with Gasteiger partial charge in [0.2, 0.25) is 0 Å². The lowest BCUT2D eigenvalue weighted by molar-refractivity contribution is 0.637. The van der Waals surface area contributed by atoms with Gasteiger partial charge in [0.25, 0.3) is 0 Å². The predicted molar refractivity (Wildman–Crippen MR) is 52.4 cm³/mol. The molecule has 2 rings (SSSR count). The third-order valence-electron chi connectivity index (χ3n) is 1.95. The molecule has 3 heteroatoms. The summed E-state index contributed by atoms with van der Waals surface area (Å²) in [6.07, 6.45) is 2.70. The quantitative estimate of drug-likeness (QED) is 0.759. The molecule has 68 valence electrons. The molecule has 0 radical (unpaired) electrons. The van der Waals surface area contributed by atoms with Crippen molar-refractivity contribution in [3.05, 3.63) is 24.2 Å². The Morgan fingerprint density at radius 1 is 1.38 bits per heavy atom. The highest BCUT2D eigenvalue weighted by Gasteiger charge is 2.01. The van der Waals surface area contributed by atoms with Crippen molar-refractivity contribution < 1.29 is 0 Å². The van der Waals surface area contributed by atoms with Gasteiger partial charge in [-0.25, -0.2) is 9.97 Å². The fourth-order valence-corrected chi connectivity index (χ4v) is 1.40. The Morgan fingerprint density at radius 2 is 2.23 bits per heavy atom. The van der Waals surface area contributed by atoms with Crippen LogP contribution in [0.1, 0.15) is 19.5 Å². The highest BCUT2D eigenvalue weighted by molar-refractivity contribution is 5.69. The van der Waals surface area contributed by atoms with Crippen molar-refractivity contribution in [1.82, 2.24) is 15.0 Å². The molecule has 2 heterocycles. The van der Waals surface area contributed by atoms with E-state index in [1.54, 1.807) is 6.33 Å². The van der Waals surface area contributed by atoms with Crippen LogP contribution in [-0.2, 0) is 6.42 Å². The van der Waals surface area contributed by atoms with Gasteiger partial charge in [-0.05, 0) is 24.5 Å². The van der Waals surface area contributed by atoms with Crippen molar-refractivity contribution in [3.8, 4) is 0 Å². The topological polar surface area (TPSA) is 41.6 Å². The summed E-state index contributed by atoms with van der Waals surface area (Å²) in [5.41, 5.74) is 2.96. The minimum absolute atomic E-state index is 0.646. The van der Waals surface area contributed by atoms with Crippen LogP contribution in [0.3, 0.4) is 0 Å². The Bertz CT molecular complexity index is 403. The SMILES string of the molecule is CC(C)Cc1ccc2nc[nH]c2n1. The Hall–Kier alpha value is -1.38. The third kappa shape index (κ3) is 1.69. The van der Waals surface area contributed by atoms with E-state index in [0.29, 0.717) is 5.92 Å². The summed E-state index contributed by atoms with van der Waals surface area (Å²) >= 11 is 0. The lowest BCUT2D eigenvalue weighted by Crippen LogP contribution is -1.96. The number of nitrogens with one attached hydrogen (secondary N) is 1. The summed E-state index contributed by atoms with van der Waals surface area (Å²) in [5.74, 6) is 0.646. The molecule has 13 heavy (non-hydrogen) atoms. The number of imidazole rings is 1. The maximum Gasteiger partial charge on any atom is 0.157 e. The minimum atomic E-state index is 0.646. The van der Waals surface area contributed by atoms with Crippen LogP contribution in [-0.4, -0.2) is 15.0 Å². The third-order valence-corrected chi connectivity index (χ3v) is 1.95. The van der Waals surface area contributed by atoms with E-state index in [9.17, 15) is 0 Å². The zero-order valence-corrected chi connectivity index (χ0v) is 7.91. The summed E-state index contributed by atoms with van der Waals surface area (Å²) in [6.45, 7) is 4.39. The summed E-state index contributed by atoms with van der Waals surface area (Å²) in [7, 11) is 0. The van der Waals surface area contributed by atoms with Gasteiger partial charge < -0.3 is 4.98 Å². The smallest absolute Gasteiger partial charge is 0.157 e. The average molecular weight is 175 g/mol. The molecule has 0 aromatic carbocycles. The molecule has 0 bridgehead atoms. The summed E-state index contributed by atoms with van der Waals surface area (Å²) in [5, 5.41) is 0. The van der Waals surface area contributed by atoms with E-state index in [1.165, 1.54) is 0 Å². The Morgan fingerprint density at radius 3 is 3.00 bits per heavy atom. The van der Waals surface area contributed by atoms with Crippen molar-refractivity contribution in [2.75, 3.05) is 0 Å². The molecule has 3 nitrogen and oxygen atoms in total. The van der Waals surface area contributed by atoms with Crippen molar-refractivity contribution >= 4 is 11.2 Å². The molecular formula is C10H13N3. The number of fused-ring (bicyclic) bond motifs is 1. The molecule has 0 unspecified atom stereocenters. The Balaban J connectivity index is 2.37. The molecule has 0 saturated heterocycles. The van der Waals surface area contributed by atoms with E-state index in [1.807, 2.05) is 12.1 Å². The summed E-state index contributed by atoms with van der Waals surface area (Å²) < 4.78 is 0. The second-order valence-electron chi connectivity index (χ2n) is 3.67. The second kappa shape index (κ2) is 3.17. The predicted octanol–water partition coefficient (Wildman–Crippen LogP) is 2.16. The van der Waals surface area contributed by atoms with Crippen molar-refractivity contribution in [1.29, 1.82) is 0 Å². The maximum absolute atomic E-state index is 4.46. The normalized spacial score (nSPS) is 11.3. The number of rotatable bonds is 2. The van der Waals surface area contributed by atoms with Crippen molar-refractivity contribution in [3.63, 3.8) is 0 Å². The highest BCUT2D eigenvalue weighted by Crippen LogP contribution is 2.10. The van der Waals surface area contributed by atoms with Crippen molar-refractivity contribution in [2.45, 2.75) is 20.3 Å². The molecule has 2 aromatic heterocycles. The number of hydrogen-bond acceptors (Lipinski definition) is 2. The lowest BCUT2D eigenvalue weighted by Gasteiger charge is -2.02. The average Bonchev–Trinajstić information content (AvgIpc) is 2.49. The van der Waals surface area contributed by atoms with E-state index < -0.39 is 0 Å². The maximum atomic E-state index is 4.46. The number of aromatic amines is 1. The Kier molecular flexibility index (Phi) is 2.00. The first-order valence-corrected chi connectivity index (χ1v) is 4.54. The molecule has 0 atom stereocenters. The van der Waals surface area contributed by atoms with Crippen LogP contribution in [0.15, 0.2) is 18.5 Å². The highest BCUT2D eigenvalue weighted by atomic mass is 14.9. The molecule has 0 aliphatic carbocycles. The fourth-order valence-electron chi connectivity index (χ4n) is 1.40. The van der Waals surface area contributed by atoms with E-state index in [0.717, 1.165) is 23.3 Å². The standard InChI is InChI=1S/C10H13N3/c1-7(2)5-8-3-4-9-10(13-8)12-6-11-9/h3-4,6-7H,5H2,1-2H3,(H,11,12,13). The second-order valence-corrected chi connectivity index (χ2v) is 3.67. The van der Waals surface area contributed by atoms with Crippen LogP contribution in [0.25, 0.3) is 11.2 Å². The number of H-pyrrole nitrogens is 1. The van der Waals surface area contributed by atoms with Gasteiger partial charge in [0.05, 0.1) is 6.33 Å². The number of nitrogens with zero attached hydrogens (tertiary/aromatic N) is 2. The summed E-state index contributed by atoms with van der Waals surface area (Å²) in [6, 6.07) is 4.06. The molecule has 0 aliphatic rings. The Labute approximate surface area is 77.2 Å². The van der Waals surface area contributed by atoms with Crippen LogP contribution < -0.4 is 0 Å². The van der Waals surface area contributed by atoms with E-state index in [4.69, 9.17) is 0 Å². The molecule has 0 aliphatic heterocycles. The van der Waals surface area contributed by atoms with Gasteiger partial charge in [-0.2, -0.15) is 0 Å². The molecule has 0 saturated carbocycles.